The van der Waals surface area contributed by atoms with E-state index >= 15 is 0 Å². The molecule has 0 bridgehead atoms. The van der Waals surface area contributed by atoms with Gasteiger partial charge in [0.05, 0.1) is 0 Å². The molecule has 2 fully saturated rings. The van der Waals surface area contributed by atoms with Gasteiger partial charge in [-0.05, 0) is 24.8 Å². The first-order valence-electron chi connectivity index (χ1n) is 6.44. The molecule has 0 unspecified atom stereocenters. The molecule has 1 aliphatic carbocycles. The molecule has 1 heterocycles. The lowest BCUT2D eigenvalue weighted by atomic mass is 9.94. The number of nitrogens with one attached hydrogen (secondary N) is 1. The molecule has 1 aromatic carbocycles. The van der Waals surface area contributed by atoms with E-state index in [0.717, 1.165) is 13.1 Å². The zero-order chi connectivity index (χ0) is 10.8. The summed E-state index contributed by atoms with van der Waals surface area (Å²) in [7, 11) is 0. The lowest BCUT2D eigenvalue weighted by molar-refractivity contribution is 0.0869. The van der Waals surface area contributed by atoms with Crippen LogP contribution in [0.15, 0.2) is 30.3 Å². The van der Waals surface area contributed by atoms with Gasteiger partial charge in [0.2, 0.25) is 0 Å². The van der Waals surface area contributed by atoms with Crippen molar-refractivity contribution in [2.75, 3.05) is 6.54 Å². The van der Waals surface area contributed by atoms with Gasteiger partial charge >= 0.3 is 0 Å². The molecule has 1 aliphatic heterocycles. The minimum Gasteiger partial charge on any atom is -0.254 e. The van der Waals surface area contributed by atoms with Gasteiger partial charge in [0, 0.05) is 18.6 Å². The van der Waals surface area contributed by atoms with Gasteiger partial charge in [-0.1, -0.05) is 43.2 Å². The number of hydrogen-bond acceptors (Lipinski definition) is 2. The first-order chi connectivity index (χ1) is 7.89. The van der Waals surface area contributed by atoms with Crippen molar-refractivity contribution < 1.29 is 0 Å². The van der Waals surface area contributed by atoms with Crippen LogP contribution in [0, 0.1) is 0 Å². The molecule has 0 aromatic heterocycles. The summed E-state index contributed by atoms with van der Waals surface area (Å²) in [5.41, 5.74) is 5.47. The van der Waals surface area contributed by atoms with Crippen molar-refractivity contribution in [1.82, 2.24) is 10.4 Å². The van der Waals surface area contributed by atoms with E-state index in [1.54, 1.807) is 0 Å². The second kappa shape index (κ2) is 4.19. The van der Waals surface area contributed by atoms with E-state index < -0.39 is 0 Å². The van der Waals surface area contributed by atoms with Crippen molar-refractivity contribution in [3.8, 4) is 0 Å². The van der Waals surface area contributed by atoms with Crippen LogP contribution < -0.4 is 5.43 Å². The van der Waals surface area contributed by atoms with Crippen molar-refractivity contribution in [1.29, 1.82) is 0 Å². The molecule has 1 aromatic rings. The van der Waals surface area contributed by atoms with Crippen LogP contribution in [0.25, 0.3) is 0 Å². The molecule has 1 saturated carbocycles. The number of rotatable bonds is 2. The lowest BCUT2D eigenvalue weighted by Gasteiger charge is -2.34. The van der Waals surface area contributed by atoms with E-state index in [4.69, 9.17) is 0 Å². The molecule has 1 spiro atoms. The second-order valence-corrected chi connectivity index (χ2v) is 5.16. The Balaban J connectivity index is 1.75. The highest BCUT2D eigenvalue weighted by atomic mass is 15.6. The Morgan fingerprint density at radius 3 is 2.56 bits per heavy atom. The van der Waals surface area contributed by atoms with Crippen molar-refractivity contribution in [2.24, 2.45) is 0 Å². The molecule has 3 rings (SSSR count). The lowest BCUT2D eigenvalue weighted by Crippen LogP contribution is -2.45. The summed E-state index contributed by atoms with van der Waals surface area (Å²) >= 11 is 0. The number of hydrogen-bond donors (Lipinski definition) is 1. The van der Waals surface area contributed by atoms with Gasteiger partial charge < -0.3 is 0 Å². The summed E-state index contributed by atoms with van der Waals surface area (Å²) in [6.07, 6.45) is 6.92. The summed E-state index contributed by atoms with van der Waals surface area (Å²) in [5, 5.41) is 2.51. The largest absolute Gasteiger partial charge is 0.254 e. The fourth-order valence-electron chi connectivity index (χ4n) is 3.27. The van der Waals surface area contributed by atoms with E-state index in [2.05, 4.69) is 40.8 Å². The van der Waals surface area contributed by atoms with Crippen molar-refractivity contribution in [3.63, 3.8) is 0 Å². The van der Waals surface area contributed by atoms with Crippen LogP contribution in [0.5, 0.6) is 0 Å². The Labute approximate surface area is 97.6 Å². The third-order valence-corrected chi connectivity index (χ3v) is 4.18. The average molecular weight is 216 g/mol. The van der Waals surface area contributed by atoms with E-state index in [1.807, 2.05) is 0 Å². The zero-order valence-electron chi connectivity index (χ0n) is 9.78. The van der Waals surface area contributed by atoms with Crippen LogP contribution in [0.3, 0.4) is 0 Å². The van der Waals surface area contributed by atoms with Gasteiger partial charge in [-0.25, -0.2) is 5.01 Å². The Kier molecular flexibility index (Phi) is 2.70. The first-order valence-corrected chi connectivity index (χ1v) is 6.44. The maximum absolute atomic E-state index is 3.57. The van der Waals surface area contributed by atoms with Crippen molar-refractivity contribution in [2.45, 2.75) is 44.2 Å². The predicted molar refractivity (Wildman–Crippen MR) is 65.8 cm³/mol. The zero-order valence-corrected chi connectivity index (χ0v) is 9.78. The smallest absolute Gasteiger partial charge is 0.0388 e. The molecule has 86 valence electrons. The van der Waals surface area contributed by atoms with E-state index in [-0.39, 0.29) is 0 Å². The Bertz CT molecular complexity index is 336. The maximum Gasteiger partial charge on any atom is 0.0388 e. The molecular weight excluding hydrogens is 196 g/mol. The van der Waals surface area contributed by atoms with Crippen LogP contribution in [-0.4, -0.2) is 17.1 Å². The van der Waals surface area contributed by atoms with Crippen LogP contribution in [0.4, 0.5) is 0 Å². The first kappa shape index (κ1) is 10.3. The highest BCUT2D eigenvalue weighted by Gasteiger charge is 2.42. The molecule has 2 aliphatic rings. The molecule has 1 saturated heterocycles. The van der Waals surface area contributed by atoms with Crippen molar-refractivity contribution >= 4 is 0 Å². The predicted octanol–water partition coefficient (Wildman–Crippen LogP) is 2.71. The van der Waals surface area contributed by atoms with Crippen LogP contribution in [0.2, 0.25) is 0 Å². The van der Waals surface area contributed by atoms with Gasteiger partial charge in [-0.2, -0.15) is 0 Å². The molecule has 1 N–H and O–H groups in total. The molecule has 0 atom stereocenters. The van der Waals surface area contributed by atoms with Crippen molar-refractivity contribution in [3.05, 3.63) is 35.9 Å². The maximum atomic E-state index is 3.57. The quantitative estimate of drug-likeness (QED) is 0.817. The van der Waals surface area contributed by atoms with Crippen LogP contribution in [-0.2, 0) is 6.54 Å². The molecule has 0 amide bonds. The van der Waals surface area contributed by atoms with E-state index in [1.165, 1.54) is 37.7 Å². The number of hydrazine groups is 1. The van der Waals surface area contributed by atoms with Gasteiger partial charge in [0.15, 0.2) is 0 Å². The fourth-order valence-corrected chi connectivity index (χ4v) is 3.27. The third kappa shape index (κ3) is 1.76. The Morgan fingerprint density at radius 2 is 1.81 bits per heavy atom. The monoisotopic (exact) mass is 216 g/mol. The third-order valence-electron chi connectivity index (χ3n) is 4.18. The van der Waals surface area contributed by atoms with Gasteiger partial charge in [-0.3, -0.25) is 5.43 Å². The van der Waals surface area contributed by atoms with Crippen LogP contribution >= 0.6 is 0 Å². The minimum atomic E-state index is 0.482. The SMILES string of the molecule is c1ccc(CN2NCCC23CCCC3)cc1. The molecule has 0 radical (unpaired) electrons. The highest BCUT2D eigenvalue weighted by molar-refractivity contribution is 5.15. The summed E-state index contributed by atoms with van der Waals surface area (Å²) in [6.45, 7) is 2.22. The summed E-state index contributed by atoms with van der Waals surface area (Å²) in [5.74, 6) is 0. The molecule has 2 nitrogen and oxygen atoms in total. The normalized spacial score (nSPS) is 24.2. The summed E-state index contributed by atoms with van der Waals surface area (Å²) in [6, 6.07) is 10.8. The topological polar surface area (TPSA) is 15.3 Å². The Morgan fingerprint density at radius 1 is 1.06 bits per heavy atom. The summed E-state index contributed by atoms with van der Waals surface area (Å²) < 4.78 is 0. The second-order valence-electron chi connectivity index (χ2n) is 5.16. The number of benzene rings is 1. The molecule has 2 heteroatoms. The van der Waals surface area contributed by atoms with E-state index in [0.29, 0.717) is 5.54 Å². The Hall–Kier alpha value is -0.860. The van der Waals surface area contributed by atoms with Crippen LogP contribution in [0.1, 0.15) is 37.7 Å². The number of nitrogens with zero attached hydrogens (tertiary/aromatic N) is 1. The summed E-state index contributed by atoms with van der Waals surface area (Å²) in [4.78, 5) is 0. The van der Waals surface area contributed by atoms with Gasteiger partial charge in [-0.15, -0.1) is 0 Å². The molecular formula is C14H20N2. The standard InChI is InChI=1S/C14H20N2/c1-2-6-13(7-3-1)12-16-14(10-11-15-16)8-4-5-9-14/h1-3,6-7,15H,4-5,8-12H2. The average Bonchev–Trinajstić information content (AvgIpc) is 2.93. The fraction of sp³-hybridized carbons (Fsp3) is 0.571. The minimum absolute atomic E-state index is 0.482. The highest BCUT2D eigenvalue weighted by Crippen LogP contribution is 2.40. The van der Waals surface area contributed by atoms with Gasteiger partial charge in [0.25, 0.3) is 0 Å². The van der Waals surface area contributed by atoms with E-state index in [9.17, 15) is 0 Å². The van der Waals surface area contributed by atoms with Gasteiger partial charge in [0.1, 0.15) is 0 Å². The molecule has 16 heavy (non-hydrogen) atoms.